The summed E-state index contributed by atoms with van der Waals surface area (Å²) in [5.74, 6) is 0.948. The van der Waals surface area contributed by atoms with Crippen LogP contribution in [0.2, 0.25) is 0 Å². The van der Waals surface area contributed by atoms with Crippen LogP contribution in [0.5, 0.6) is 0 Å². The van der Waals surface area contributed by atoms with Crippen molar-refractivity contribution in [1.29, 1.82) is 0 Å². The van der Waals surface area contributed by atoms with Gasteiger partial charge in [0.25, 0.3) is 0 Å². The summed E-state index contributed by atoms with van der Waals surface area (Å²) in [6, 6.07) is 4.47. The van der Waals surface area contributed by atoms with Gasteiger partial charge in [-0.05, 0) is 54.9 Å². The van der Waals surface area contributed by atoms with Crippen LogP contribution in [-0.4, -0.2) is 10.5 Å². The molecule has 102 valence electrons. The monoisotopic (exact) mass is 326 g/mol. The fraction of sp³-hybridized carbons (Fsp3) is 0.357. The quantitative estimate of drug-likeness (QED) is 0.921. The van der Waals surface area contributed by atoms with E-state index in [-0.39, 0.29) is 11.4 Å². The number of nitrogens with zero attached hydrogens (tertiary/aromatic N) is 1. The normalized spacial score (nSPS) is 11.8. The Morgan fingerprint density at radius 2 is 2.11 bits per heavy atom. The molecule has 0 aliphatic rings. The molecule has 0 atom stereocenters. The zero-order valence-corrected chi connectivity index (χ0v) is 12.7. The lowest BCUT2D eigenvalue weighted by Crippen LogP contribution is -2.35. The molecule has 19 heavy (non-hydrogen) atoms. The third-order valence-corrected chi connectivity index (χ3v) is 3.18. The van der Waals surface area contributed by atoms with E-state index >= 15 is 0 Å². The molecule has 0 aliphatic carbocycles. The van der Waals surface area contributed by atoms with Gasteiger partial charge in [0.1, 0.15) is 5.82 Å². The summed E-state index contributed by atoms with van der Waals surface area (Å²) in [5.41, 5.74) is 0.793. The number of nitrogens with one attached hydrogen (secondary N) is 1. The lowest BCUT2D eigenvalue weighted by molar-refractivity contribution is 0.383. The smallest absolute Gasteiger partial charge is 0.208 e. The summed E-state index contributed by atoms with van der Waals surface area (Å²) in [4.78, 5) is 4.22. The summed E-state index contributed by atoms with van der Waals surface area (Å²) in [7, 11) is 0. The molecule has 0 unspecified atom stereocenters. The fourth-order valence-corrected chi connectivity index (χ4v) is 2.09. The molecular weight excluding hydrogens is 311 g/mol. The Bertz CT molecular complexity index is 575. The number of hydrogen-bond acceptors (Lipinski definition) is 3. The third kappa shape index (κ3) is 3.88. The summed E-state index contributed by atoms with van der Waals surface area (Å²) in [6.07, 6.45) is 1.65. The molecular formula is C14H16BrFN2O. The second-order valence-electron chi connectivity index (χ2n) is 5.35. The van der Waals surface area contributed by atoms with E-state index in [1.807, 2.05) is 0 Å². The van der Waals surface area contributed by atoms with Crippen molar-refractivity contribution >= 4 is 15.9 Å². The standard InChI is InChI=1S/C14H16BrFN2O/c1-14(2,3)18-8-13-17-7-12(19-13)10-5-4-9(16)6-11(10)15/h4-7,18H,8H2,1-3H3. The molecule has 2 rings (SSSR count). The highest BCUT2D eigenvalue weighted by molar-refractivity contribution is 9.10. The van der Waals surface area contributed by atoms with Gasteiger partial charge in [-0.2, -0.15) is 0 Å². The van der Waals surface area contributed by atoms with Crippen LogP contribution in [0.1, 0.15) is 26.7 Å². The van der Waals surface area contributed by atoms with E-state index < -0.39 is 0 Å². The second kappa shape index (κ2) is 5.43. The number of aromatic nitrogens is 1. The highest BCUT2D eigenvalue weighted by atomic mass is 79.9. The summed E-state index contributed by atoms with van der Waals surface area (Å²) in [5, 5.41) is 3.30. The first-order chi connectivity index (χ1) is 8.85. The number of hydrogen-bond donors (Lipinski definition) is 1. The largest absolute Gasteiger partial charge is 0.439 e. The van der Waals surface area contributed by atoms with Crippen molar-refractivity contribution in [3.63, 3.8) is 0 Å². The van der Waals surface area contributed by atoms with Crippen molar-refractivity contribution in [2.45, 2.75) is 32.9 Å². The van der Waals surface area contributed by atoms with Crippen LogP contribution in [0, 0.1) is 5.82 Å². The molecule has 1 aromatic carbocycles. The van der Waals surface area contributed by atoms with E-state index in [9.17, 15) is 4.39 Å². The van der Waals surface area contributed by atoms with Crippen molar-refractivity contribution in [1.82, 2.24) is 10.3 Å². The minimum absolute atomic E-state index is 0.00505. The summed E-state index contributed by atoms with van der Waals surface area (Å²) < 4.78 is 19.3. The average Bonchev–Trinajstić information content (AvgIpc) is 2.74. The fourth-order valence-electron chi connectivity index (χ4n) is 1.55. The molecule has 1 aromatic heterocycles. The average molecular weight is 327 g/mol. The molecule has 0 saturated carbocycles. The molecule has 0 amide bonds. The minimum Gasteiger partial charge on any atom is -0.439 e. The van der Waals surface area contributed by atoms with Crippen molar-refractivity contribution in [3.8, 4) is 11.3 Å². The van der Waals surface area contributed by atoms with Crippen molar-refractivity contribution in [2.75, 3.05) is 0 Å². The van der Waals surface area contributed by atoms with Gasteiger partial charge in [0.2, 0.25) is 5.89 Å². The highest BCUT2D eigenvalue weighted by Gasteiger charge is 2.13. The van der Waals surface area contributed by atoms with Gasteiger partial charge >= 0.3 is 0 Å². The first-order valence-corrected chi connectivity index (χ1v) is 6.79. The van der Waals surface area contributed by atoms with Gasteiger partial charge < -0.3 is 9.73 Å². The van der Waals surface area contributed by atoms with Gasteiger partial charge in [-0.15, -0.1) is 0 Å². The Labute approximate surface area is 120 Å². The van der Waals surface area contributed by atoms with Crippen LogP contribution in [0.25, 0.3) is 11.3 Å². The van der Waals surface area contributed by atoms with Crippen LogP contribution in [0.3, 0.4) is 0 Å². The molecule has 2 aromatic rings. The van der Waals surface area contributed by atoms with E-state index in [4.69, 9.17) is 4.42 Å². The first kappa shape index (κ1) is 14.2. The van der Waals surface area contributed by atoms with Gasteiger partial charge in [-0.3, -0.25) is 0 Å². The predicted octanol–water partition coefficient (Wildman–Crippen LogP) is 4.13. The maximum Gasteiger partial charge on any atom is 0.208 e. The summed E-state index contributed by atoms with van der Waals surface area (Å²) >= 11 is 3.32. The zero-order valence-electron chi connectivity index (χ0n) is 11.1. The number of benzene rings is 1. The number of rotatable bonds is 3. The van der Waals surface area contributed by atoms with E-state index in [0.29, 0.717) is 22.7 Å². The molecule has 3 nitrogen and oxygen atoms in total. The Hall–Kier alpha value is -1.20. The lowest BCUT2D eigenvalue weighted by Gasteiger charge is -2.18. The molecule has 1 N–H and O–H groups in total. The first-order valence-electron chi connectivity index (χ1n) is 6.00. The topological polar surface area (TPSA) is 38.1 Å². The Morgan fingerprint density at radius 3 is 2.74 bits per heavy atom. The van der Waals surface area contributed by atoms with Crippen LogP contribution in [0.15, 0.2) is 33.3 Å². The van der Waals surface area contributed by atoms with Crippen molar-refractivity contribution in [3.05, 3.63) is 40.6 Å². The Balaban J connectivity index is 2.16. The third-order valence-electron chi connectivity index (χ3n) is 2.52. The van der Waals surface area contributed by atoms with E-state index in [0.717, 1.165) is 5.56 Å². The van der Waals surface area contributed by atoms with Crippen LogP contribution < -0.4 is 5.32 Å². The molecule has 5 heteroatoms. The van der Waals surface area contributed by atoms with E-state index in [1.165, 1.54) is 12.1 Å². The van der Waals surface area contributed by atoms with Gasteiger partial charge in [0.15, 0.2) is 5.76 Å². The predicted molar refractivity (Wildman–Crippen MR) is 76.2 cm³/mol. The second-order valence-corrected chi connectivity index (χ2v) is 6.20. The SMILES string of the molecule is CC(C)(C)NCc1ncc(-c2ccc(F)cc2Br)o1. The van der Waals surface area contributed by atoms with Gasteiger partial charge in [-0.1, -0.05) is 0 Å². The van der Waals surface area contributed by atoms with Gasteiger partial charge in [0, 0.05) is 15.6 Å². The number of halogens is 2. The van der Waals surface area contributed by atoms with Gasteiger partial charge in [0.05, 0.1) is 12.7 Å². The maximum atomic E-state index is 13.0. The van der Waals surface area contributed by atoms with Crippen LogP contribution >= 0.6 is 15.9 Å². The van der Waals surface area contributed by atoms with E-state index in [2.05, 4.69) is 47.0 Å². The van der Waals surface area contributed by atoms with E-state index in [1.54, 1.807) is 12.3 Å². The minimum atomic E-state index is -0.287. The molecule has 0 aliphatic heterocycles. The molecule has 0 fully saturated rings. The van der Waals surface area contributed by atoms with Crippen LogP contribution in [0.4, 0.5) is 4.39 Å². The highest BCUT2D eigenvalue weighted by Crippen LogP contribution is 2.29. The number of oxazole rings is 1. The molecule has 0 bridgehead atoms. The molecule has 1 heterocycles. The van der Waals surface area contributed by atoms with Crippen LogP contribution in [-0.2, 0) is 6.54 Å². The lowest BCUT2D eigenvalue weighted by atomic mass is 10.1. The van der Waals surface area contributed by atoms with Crippen molar-refractivity contribution < 1.29 is 8.81 Å². The summed E-state index contributed by atoms with van der Waals surface area (Å²) in [6.45, 7) is 6.79. The Kier molecular flexibility index (Phi) is 4.06. The Morgan fingerprint density at radius 1 is 1.37 bits per heavy atom. The van der Waals surface area contributed by atoms with Crippen molar-refractivity contribution in [2.24, 2.45) is 0 Å². The maximum absolute atomic E-state index is 13.0. The zero-order chi connectivity index (χ0) is 14.0. The molecule has 0 saturated heterocycles. The molecule has 0 spiro atoms. The van der Waals surface area contributed by atoms with Gasteiger partial charge in [-0.25, -0.2) is 9.37 Å². The molecule has 0 radical (unpaired) electrons.